The van der Waals surface area contributed by atoms with Crippen molar-refractivity contribution in [2.45, 2.75) is 19.5 Å². The van der Waals surface area contributed by atoms with Crippen LogP contribution in [0.4, 0.5) is 8.78 Å². The van der Waals surface area contributed by atoms with Crippen molar-refractivity contribution in [2.75, 3.05) is 6.54 Å². The third kappa shape index (κ3) is 5.21. The first kappa shape index (κ1) is 16.0. The second kappa shape index (κ2) is 8.19. The topological polar surface area (TPSA) is 54.0 Å². The molecule has 6 heteroatoms. The molecule has 1 aromatic carbocycles. The Morgan fingerprint density at radius 1 is 1.09 bits per heavy atom. The summed E-state index contributed by atoms with van der Waals surface area (Å²) in [4.78, 5) is 15.6. The van der Waals surface area contributed by atoms with Crippen LogP contribution in [0.3, 0.4) is 0 Å². The van der Waals surface area contributed by atoms with Crippen molar-refractivity contribution in [3.63, 3.8) is 0 Å². The SMILES string of the molecule is O=C(CCNCc1ccc(F)c(F)c1)NCc1cccnc1. The van der Waals surface area contributed by atoms with E-state index in [4.69, 9.17) is 0 Å². The molecule has 0 unspecified atom stereocenters. The molecule has 4 nitrogen and oxygen atoms in total. The van der Waals surface area contributed by atoms with Crippen molar-refractivity contribution in [2.24, 2.45) is 0 Å². The van der Waals surface area contributed by atoms with Gasteiger partial charge in [-0.3, -0.25) is 9.78 Å². The molecule has 1 heterocycles. The molecule has 0 atom stereocenters. The second-order valence-corrected chi connectivity index (χ2v) is 4.81. The van der Waals surface area contributed by atoms with E-state index in [1.165, 1.54) is 6.07 Å². The number of nitrogens with one attached hydrogen (secondary N) is 2. The Bertz CT molecular complexity index is 620. The molecule has 2 rings (SSSR count). The number of carbonyl (C=O) groups is 1. The van der Waals surface area contributed by atoms with Crippen LogP contribution in [-0.2, 0) is 17.9 Å². The lowest BCUT2D eigenvalue weighted by atomic mass is 10.2. The Morgan fingerprint density at radius 3 is 2.68 bits per heavy atom. The van der Waals surface area contributed by atoms with Crippen LogP contribution in [0.15, 0.2) is 42.7 Å². The fourth-order valence-electron chi connectivity index (χ4n) is 1.88. The van der Waals surface area contributed by atoms with E-state index in [0.717, 1.165) is 17.7 Å². The zero-order valence-electron chi connectivity index (χ0n) is 12.0. The van der Waals surface area contributed by atoms with Gasteiger partial charge in [0, 0.05) is 38.4 Å². The Balaban J connectivity index is 1.63. The highest BCUT2D eigenvalue weighted by Gasteiger charge is 2.03. The number of nitrogens with zero attached hydrogens (tertiary/aromatic N) is 1. The van der Waals surface area contributed by atoms with Gasteiger partial charge in [0.1, 0.15) is 0 Å². The summed E-state index contributed by atoms with van der Waals surface area (Å²) < 4.78 is 25.8. The maximum Gasteiger partial charge on any atom is 0.221 e. The van der Waals surface area contributed by atoms with Gasteiger partial charge >= 0.3 is 0 Å². The summed E-state index contributed by atoms with van der Waals surface area (Å²) in [5.74, 6) is -1.81. The number of benzene rings is 1. The van der Waals surface area contributed by atoms with Gasteiger partial charge in [-0.25, -0.2) is 8.78 Å². The number of aromatic nitrogens is 1. The summed E-state index contributed by atoms with van der Waals surface area (Å²) >= 11 is 0. The van der Waals surface area contributed by atoms with Gasteiger partial charge in [0.2, 0.25) is 5.91 Å². The van der Waals surface area contributed by atoms with Crippen LogP contribution in [0.2, 0.25) is 0 Å². The summed E-state index contributed by atoms with van der Waals surface area (Å²) in [6.07, 6.45) is 3.68. The Morgan fingerprint density at radius 2 is 1.95 bits per heavy atom. The maximum absolute atomic E-state index is 13.0. The van der Waals surface area contributed by atoms with Gasteiger partial charge in [0.15, 0.2) is 11.6 Å². The molecule has 22 heavy (non-hydrogen) atoms. The van der Waals surface area contributed by atoms with Gasteiger partial charge in [-0.1, -0.05) is 12.1 Å². The van der Waals surface area contributed by atoms with Crippen LogP contribution in [0.1, 0.15) is 17.5 Å². The monoisotopic (exact) mass is 305 g/mol. The first-order valence-corrected chi connectivity index (χ1v) is 6.95. The molecule has 0 saturated carbocycles. The molecule has 0 radical (unpaired) electrons. The van der Waals surface area contributed by atoms with Crippen LogP contribution in [0, 0.1) is 11.6 Å². The molecule has 2 N–H and O–H groups in total. The van der Waals surface area contributed by atoms with Crippen LogP contribution < -0.4 is 10.6 Å². The molecule has 116 valence electrons. The lowest BCUT2D eigenvalue weighted by molar-refractivity contribution is -0.121. The molecular weight excluding hydrogens is 288 g/mol. The van der Waals surface area contributed by atoms with Crippen molar-refractivity contribution >= 4 is 5.91 Å². The van der Waals surface area contributed by atoms with E-state index < -0.39 is 11.6 Å². The molecule has 0 spiro atoms. The summed E-state index contributed by atoms with van der Waals surface area (Å²) in [5, 5.41) is 5.80. The third-order valence-corrected chi connectivity index (χ3v) is 3.05. The molecule has 0 saturated heterocycles. The van der Waals surface area contributed by atoms with E-state index in [0.29, 0.717) is 31.6 Å². The molecule has 2 aromatic rings. The van der Waals surface area contributed by atoms with Gasteiger partial charge in [0.05, 0.1) is 0 Å². The predicted molar refractivity (Wildman–Crippen MR) is 78.8 cm³/mol. The Hall–Kier alpha value is -2.34. The Kier molecular flexibility index (Phi) is 5.97. The number of amides is 1. The minimum Gasteiger partial charge on any atom is -0.352 e. The molecule has 0 aliphatic carbocycles. The van der Waals surface area contributed by atoms with E-state index >= 15 is 0 Å². The average molecular weight is 305 g/mol. The molecule has 0 aliphatic rings. The highest BCUT2D eigenvalue weighted by Crippen LogP contribution is 2.08. The summed E-state index contributed by atoms with van der Waals surface area (Å²) in [6.45, 7) is 1.28. The minimum absolute atomic E-state index is 0.0818. The average Bonchev–Trinajstić information content (AvgIpc) is 2.54. The van der Waals surface area contributed by atoms with E-state index in [1.807, 2.05) is 12.1 Å². The van der Waals surface area contributed by atoms with Crippen molar-refractivity contribution in [3.8, 4) is 0 Å². The van der Waals surface area contributed by atoms with Crippen molar-refractivity contribution in [1.29, 1.82) is 0 Å². The molecular formula is C16H17F2N3O. The number of carbonyl (C=O) groups excluding carboxylic acids is 1. The maximum atomic E-state index is 13.0. The largest absolute Gasteiger partial charge is 0.352 e. The summed E-state index contributed by atoms with van der Waals surface area (Å²) in [5.41, 5.74) is 1.57. The second-order valence-electron chi connectivity index (χ2n) is 4.81. The summed E-state index contributed by atoms with van der Waals surface area (Å²) in [6, 6.07) is 7.44. The first-order chi connectivity index (χ1) is 10.6. The number of pyridine rings is 1. The van der Waals surface area contributed by atoms with E-state index in [9.17, 15) is 13.6 Å². The normalized spacial score (nSPS) is 10.5. The fourth-order valence-corrected chi connectivity index (χ4v) is 1.88. The lowest BCUT2D eigenvalue weighted by Gasteiger charge is -2.07. The lowest BCUT2D eigenvalue weighted by Crippen LogP contribution is -2.27. The van der Waals surface area contributed by atoms with Crippen molar-refractivity contribution in [3.05, 3.63) is 65.5 Å². The van der Waals surface area contributed by atoms with Crippen LogP contribution in [-0.4, -0.2) is 17.4 Å². The highest BCUT2D eigenvalue weighted by molar-refractivity contribution is 5.76. The quantitative estimate of drug-likeness (QED) is 0.771. The van der Waals surface area contributed by atoms with Gasteiger partial charge in [-0.05, 0) is 29.3 Å². The van der Waals surface area contributed by atoms with Crippen LogP contribution >= 0.6 is 0 Å². The zero-order valence-corrected chi connectivity index (χ0v) is 12.0. The van der Waals surface area contributed by atoms with Gasteiger partial charge in [-0.2, -0.15) is 0 Å². The van der Waals surface area contributed by atoms with Gasteiger partial charge in [-0.15, -0.1) is 0 Å². The zero-order chi connectivity index (χ0) is 15.8. The number of rotatable bonds is 7. The highest BCUT2D eigenvalue weighted by atomic mass is 19.2. The van der Waals surface area contributed by atoms with E-state index in [2.05, 4.69) is 15.6 Å². The molecule has 0 fully saturated rings. The van der Waals surface area contributed by atoms with Crippen molar-refractivity contribution < 1.29 is 13.6 Å². The standard InChI is InChI=1S/C16H17F2N3O/c17-14-4-3-12(8-15(14)18)9-20-7-5-16(22)21-11-13-2-1-6-19-10-13/h1-4,6,8,10,20H,5,7,9,11H2,(H,21,22). The molecule has 0 aliphatic heterocycles. The fraction of sp³-hybridized carbons (Fsp3) is 0.250. The molecule has 1 aromatic heterocycles. The first-order valence-electron chi connectivity index (χ1n) is 6.95. The molecule has 0 bridgehead atoms. The van der Waals surface area contributed by atoms with Gasteiger partial charge in [0.25, 0.3) is 0 Å². The van der Waals surface area contributed by atoms with E-state index in [1.54, 1.807) is 12.4 Å². The number of hydrogen-bond acceptors (Lipinski definition) is 3. The van der Waals surface area contributed by atoms with Crippen LogP contribution in [0.25, 0.3) is 0 Å². The third-order valence-electron chi connectivity index (χ3n) is 3.05. The molecule has 1 amide bonds. The van der Waals surface area contributed by atoms with Crippen LogP contribution in [0.5, 0.6) is 0 Å². The van der Waals surface area contributed by atoms with Gasteiger partial charge < -0.3 is 10.6 Å². The predicted octanol–water partition coefficient (Wildman–Crippen LogP) is 2.16. The minimum atomic E-state index is -0.867. The summed E-state index contributed by atoms with van der Waals surface area (Å²) in [7, 11) is 0. The van der Waals surface area contributed by atoms with Crippen molar-refractivity contribution in [1.82, 2.24) is 15.6 Å². The number of halogens is 2. The Labute approximate surface area is 127 Å². The number of hydrogen-bond donors (Lipinski definition) is 2. The smallest absolute Gasteiger partial charge is 0.221 e. The van der Waals surface area contributed by atoms with E-state index in [-0.39, 0.29) is 5.91 Å².